The topological polar surface area (TPSA) is 20.2 Å². The Morgan fingerprint density at radius 1 is 1.19 bits per heavy atom. The molecule has 0 saturated heterocycles. The first-order valence-corrected chi connectivity index (χ1v) is 7.29. The molecule has 2 aliphatic rings. The number of allylic oxidation sites excluding steroid dienone is 6. The lowest BCUT2D eigenvalue weighted by molar-refractivity contribution is 0.392. The van der Waals surface area contributed by atoms with E-state index in [0.29, 0.717) is 5.76 Å². The van der Waals surface area contributed by atoms with E-state index in [4.69, 9.17) is 0 Å². The molecule has 0 heterocycles. The van der Waals surface area contributed by atoms with Crippen LogP contribution in [0, 0.1) is 0 Å². The molecule has 16 heavy (non-hydrogen) atoms. The summed E-state index contributed by atoms with van der Waals surface area (Å²) in [6.07, 6.45) is 15.7. The van der Waals surface area contributed by atoms with E-state index >= 15 is 0 Å². The van der Waals surface area contributed by atoms with Crippen molar-refractivity contribution in [1.82, 2.24) is 0 Å². The second-order valence-electron chi connectivity index (χ2n) is 4.50. The monoisotopic (exact) mass is 236 g/mol. The van der Waals surface area contributed by atoms with Crippen LogP contribution in [0.3, 0.4) is 0 Å². The molecule has 0 aromatic heterocycles. The maximum Gasteiger partial charge on any atom is 0.100 e. The van der Waals surface area contributed by atoms with Gasteiger partial charge in [-0.3, -0.25) is 0 Å². The Morgan fingerprint density at radius 3 is 2.56 bits per heavy atom. The van der Waals surface area contributed by atoms with Crippen LogP contribution in [-0.4, -0.2) is 16.1 Å². The van der Waals surface area contributed by atoms with E-state index in [2.05, 4.69) is 0 Å². The molecule has 2 rings (SSSR count). The molecule has 0 amide bonds. The van der Waals surface area contributed by atoms with Gasteiger partial charge in [-0.15, -0.1) is 0 Å². The number of thioether (sulfide) groups is 1. The van der Waals surface area contributed by atoms with Crippen molar-refractivity contribution < 1.29 is 5.11 Å². The Kier molecular flexibility index (Phi) is 4.58. The van der Waals surface area contributed by atoms with Crippen LogP contribution in [0.25, 0.3) is 0 Å². The van der Waals surface area contributed by atoms with E-state index in [0.717, 1.165) is 23.0 Å². The van der Waals surface area contributed by atoms with Gasteiger partial charge in [0, 0.05) is 23.0 Å². The van der Waals surface area contributed by atoms with Gasteiger partial charge in [-0.25, -0.2) is 0 Å². The third kappa shape index (κ3) is 3.44. The fourth-order valence-corrected chi connectivity index (χ4v) is 3.58. The number of hydrogen-bond acceptors (Lipinski definition) is 2. The lowest BCUT2D eigenvalue weighted by atomic mass is 10.0. The van der Waals surface area contributed by atoms with Crippen LogP contribution >= 0.6 is 11.8 Å². The van der Waals surface area contributed by atoms with Gasteiger partial charge in [-0.2, -0.15) is 11.8 Å². The van der Waals surface area contributed by atoms with E-state index in [9.17, 15) is 5.11 Å². The zero-order chi connectivity index (χ0) is 11.2. The van der Waals surface area contributed by atoms with Crippen molar-refractivity contribution in [3.63, 3.8) is 0 Å². The predicted molar refractivity (Wildman–Crippen MR) is 71.9 cm³/mol. The van der Waals surface area contributed by atoms with Crippen molar-refractivity contribution in [3.05, 3.63) is 35.6 Å². The van der Waals surface area contributed by atoms with Gasteiger partial charge in [0.05, 0.1) is 0 Å². The molecule has 0 atom stereocenters. The highest BCUT2D eigenvalue weighted by Gasteiger charge is 2.13. The zero-order valence-electron chi connectivity index (χ0n) is 9.69. The standard InChI is InChI=1S/C14H20OS/c15-14(12-6-4-5-7-12)10-11-16-13-8-2-1-3-9-13/h4-7,13,15H,1-3,8-11H2. The van der Waals surface area contributed by atoms with Crippen LogP contribution < -0.4 is 0 Å². The van der Waals surface area contributed by atoms with Gasteiger partial charge < -0.3 is 5.11 Å². The number of rotatable bonds is 4. The lowest BCUT2D eigenvalue weighted by Crippen LogP contribution is -2.08. The molecule has 0 aromatic rings. The zero-order valence-corrected chi connectivity index (χ0v) is 10.5. The van der Waals surface area contributed by atoms with E-state index < -0.39 is 0 Å². The molecule has 88 valence electrons. The third-order valence-corrected chi connectivity index (χ3v) is 4.62. The Labute approximate surface area is 102 Å². The normalized spacial score (nSPS) is 20.6. The first kappa shape index (κ1) is 11.8. The maximum absolute atomic E-state index is 9.84. The van der Waals surface area contributed by atoms with Crippen molar-refractivity contribution >= 4 is 11.8 Å². The van der Waals surface area contributed by atoms with Crippen LogP contribution in [0.15, 0.2) is 35.6 Å². The second kappa shape index (κ2) is 6.19. The lowest BCUT2D eigenvalue weighted by Gasteiger charge is -2.20. The van der Waals surface area contributed by atoms with Gasteiger partial charge in [0.15, 0.2) is 0 Å². The van der Waals surface area contributed by atoms with Crippen LogP contribution in [0.5, 0.6) is 0 Å². The molecule has 0 spiro atoms. The van der Waals surface area contributed by atoms with E-state index in [1.807, 2.05) is 36.1 Å². The largest absolute Gasteiger partial charge is 0.512 e. The Hall–Kier alpha value is -0.630. The minimum atomic E-state index is 0.549. The highest BCUT2D eigenvalue weighted by molar-refractivity contribution is 7.99. The summed E-state index contributed by atoms with van der Waals surface area (Å²) < 4.78 is 0. The van der Waals surface area contributed by atoms with Crippen LogP contribution in [0.4, 0.5) is 0 Å². The third-order valence-electron chi connectivity index (χ3n) is 3.24. The van der Waals surface area contributed by atoms with Gasteiger partial charge in [0.25, 0.3) is 0 Å². The number of aliphatic hydroxyl groups is 1. The highest BCUT2D eigenvalue weighted by atomic mass is 32.2. The van der Waals surface area contributed by atoms with Gasteiger partial charge in [0.1, 0.15) is 5.76 Å². The molecule has 0 radical (unpaired) electrons. The van der Waals surface area contributed by atoms with E-state index in [1.165, 1.54) is 32.1 Å². The van der Waals surface area contributed by atoms with Crippen molar-refractivity contribution in [2.24, 2.45) is 0 Å². The number of aliphatic hydroxyl groups excluding tert-OH is 1. The molecular formula is C14H20OS. The summed E-state index contributed by atoms with van der Waals surface area (Å²) in [5.74, 6) is 1.61. The Bertz CT molecular complexity index is 295. The summed E-state index contributed by atoms with van der Waals surface area (Å²) in [5.41, 5.74) is 0.990. The average Bonchev–Trinajstić information content (AvgIpc) is 2.84. The van der Waals surface area contributed by atoms with Gasteiger partial charge in [-0.1, -0.05) is 43.6 Å². The van der Waals surface area contributed by atoms with Gasteiger partial charge >= 0.3 is 0 Å². The van der Waals surface area contributed by atoms with E-state index in [1.54, 1.807) is 0 Å². The van der Waals surface area contributed by atoms with Gasteiger partial charge in [-0.05, 0) is 12.8 Å². The fourth-order valence-electron chi connectivity index (χ4n) is 2.26. The van der Waals surface area contributed by atoms with Gasteiger partial charge in [0.2, 0.25) is 0 Å². The Morgan fingerprint density at radius 2 is 1.88 bits per heavy atom. The number of hydrogen-bond donors (Lipinski definition) is 1. The highest BCUT2D eigenvalue weighted by Crippen LogP contribution is 2.29. The summed E-state index contributed by atoms with van der Waals surface area (Å²) in [6, 6.07) is 0. The van der Waals surface area contributed by atoms with Crippen LogP contribution in [-0.2, 0) is 0 Å². The minimum Gasteiger partial charge on any atom is -0.512 e. The smallest absolute Gasteiger partial charge is 0.100 e. The molecule has 2 aliphatic carbocycles. The average molecular weight is 236 g/mol. The van der Waals surface area contributed by atoms with Crippen molar-refractivity contribution in [2.75, 3.05) is 5.75 Å². The summed E-state index contributed by atoms with van der Waals surface area (Å²) in [4.78, 5) is 0. The molecule has 1 nitrogen and oxygen atoms in total. The minimum absolute atomic E-state index is 0.549. The van der Waals surface area contributed by atoms with Crippen LogP contribution in [0.2, 0.25) is 0 Å². The Balaban J connectivity index is 1.69. The molecule has 1 N–H and O–H groups in total. The molecule has 1 saturated carbocycles. The maximum atomic E-state index is 9.84. The summed E-state index contributed by atoms with van der Waals surface area (Å²) in [6.45, 7) is 0. The summed E-state index contributed by atoms with van der Waals surface area (Å²) in [5, 5.41) is 10.7. The fraction of sp³-hybridized carbons (Fsp3) is 0.571. The molecular weight excluding hydrogens is 216 g/mol. The molecule has 1 fully saturated rings. The quantitative estimate of drug-likeness (QED) is 0.731. The van der Waals surface area contributed by atoms with Crippen LogP contribution in [0.1, 0.15) is 38.5 Å². The molecule has 2 heteroatoms. The first-order chi connectivity index (χ1) is 7.86. The van der Waals surface area contributed by atoms with E-state index in [-0.39, 0.29) is 0 Å². The van der Waals surface area contributed by atoms with Crippen molar-refractivity contribution in [2.45, 2.75) is 43.8 Å². The first-order valence-electron chi connectivity index (χ1n) is 6.25. The van der Waals surface area contributed by atoms with Crippen molar-refractivity contribution in [3.8, 4) is 0 Å². The predicted octanol–water partition coefficient (Wildman–Crippen LogP) is 4.38. The molecule has 0 unspecified atom stereocenters. The summed E-state index contributed by atoms with van der Waals surface area (Å²) in [7, 11) is 0. The molecule has 0 aromatic carbocycles. The summed E-state index contributed by atoms with van der Waals surface area (Å²) >= 11 is 2.04. The molecule has 0 bridgehead atoms. The SMILES string of the molecule is OC(CCSC1CCCCC1)=C1C=CC=C1. The molecule has 0 aliphatic heterocycles. The second-order valence-corrected chi connectivity index (χ2v) is 5.91. The van der Waals surface area contributed by atoms with Crippen molar-refractivity contribution in [1.29, 1.82) is 0 Å².